The van der Waals surface area contributed by atoms with Crippen LogP contribution in [0.2, 0.25) is 0 Å². The van der Waals surface area contributed by atoms with E-state index in [1.807, 2.05) is 19.4 Å². The number of amides is 2. The predicted octanol–water partition coefficient (Wildman–Crippen LogP) is 2.42. The Kier molecular flexibility index (Phi) is 6.08. The van der Waals surface area contributed by atoms with Gasteiger partial charge in [0.05, 0.1) is 15.5 Å². The average Bonchev–Trinajstić information content (AvgIpc) is 3.17. The number of hydrogen-bond acceptors (Lipinski definition) is 7. The highest BCUT2D eigenvalue weighted by Crippen LogP contribution is 2.33. The van der Waals surface area contributed by atoms with Crippen LogP contribution < -0.4 is 10.6 Å². The molecule has 10 heteroatoms. The van der Waals surface area contributed by atoms with Crippen LogP contribution in [0, 0.1) is 0 Å². The van der Waals surface area contributed by atoms with E-state index in [2.05, 4.69) is 20.1 Å². The van der Waals surface area contributed by atoms with Crippen molar-refractivity contribution in [3.05, 3.63) is 17.5 Å². The van der Waals surface area contributed by atoms with Gasteiger partial charge in [0.1, 0.15) is 5.03 Å². The van der Waals surface area contributed by atoms with Crippen LogP contribution in [0.5, 0.6) is 0 Å². The lowest BCUT2D eigenvalue weighted by molar-refractivity contribution is 0.0958. The van der Waals surface area contributed by atoms with Crippen molar-refractivity contribution in [1.29, 1.82) is 0 Å². The van der Waals surface area contributed by atoms with Gasteiger partial charge >= 0.3 is 0 Å². The van der Waals surface area contributed by atoms with Crippen LogP contribution in [0.3, 0.4) is 0 Å². The van der Waals surface area contributed by atoms with Gasteiger partial charge in [-0.05, 0) is 31.0 Å². The maximum absolute atomic E-state index is 12.7. The Morgan fingerprint density at radius 1 is 1.30 bits per heavy atom. The highest BCUT2D eigenvalue weighted by atomic mass is 32.2. The van der Waals surface area contributed by atoms with Gasteiger partial charge in [0, 0.05) is 19.8 Å². The Labute approximate surface area is 146 Å². The summed E-state index contributed by atoms with van der Waals surface area (Å²) in [5.41, 5.74) is 1.13. The van der Waals surface area contributed by atoms with Gasteiger partial charge in [-0.25, -0.2) is 0 Å². The van der Waals surface area contributed by atoms with Crippen LogP contribution in [-0.4, -0.2) is 45.5 Å². The van der Waals surface area contributed by atoms with Crippen LogP contribution in [-0.2, 0) is 6.54 Å². The maximum atomic E-state index is 12.7. The first-order valence-electron chi connectivity index (χ1n) is 6.74. The summed E-state index contributed by atoms with van der Waals surface area (Å²) in [7, 11) is 1.53. The lowest BCUT2D eigenvalue weighted by Crippen LogP contribution is -2.21. The third kappa shape index (κ3) is 3.70. The minimum atomic E-state index is -0.342. The zero-order chi connectivity index (χ0) is 17.0. The molecule has 2 rings (SSSR count). The molecule has 0 aromatic carbocycles. The fraction of sp³-hybridized carbons (Fsp3) is 0.385. The average molecular weight is 372 g/mol. The van der Waals surface area contributed by atoms with E-state index >= 15 is 0 Å². The summed E-state index contributed by atoms with van der Waals surface area (Å²) >= 11 is 4.19. The molecule has 2 amide bonds. The second kappa shape index (κ2) is 7.84. The van der Waals surface area contributed by atoms with E-state index in [9.17, 15) is 9.59 Å². The molecule has 2 aromatic heterocycles. The minimum absolute atomic E-state index is 0.197. The Bertz CT molecular complexity index is 704. The first-order chi connectivity index (χ1) is 11.0. The summed E-state index contributed by atoms with van der Waals surface area (Å²) in [4.78, 5) is 24.6. The number of hydrogen-bond donors (Lipinski definition) is 2. The Morgan fingerprint density at radius 3 is 2.61 bits per heavy atom. The fourth-order valence-electron chi connectivity index (χ4n) is 1.88. The molecule has 0 fully saturated rings. The van der Waals surface area contributed by atoms with Crippen molar-refractivity contribution >= 4 is 52.6 Å². The zero-order valence-corrected chi connectivity index (χ0v) is 15.6. The molecular weight excluding hydrogens is 354 g/mol. The predicted molar refractivity (Wildman–Crippen MR) is 94.9 cm³/mol. The Balaban J connectivity index is 2.35. The summed E-state index contributed by atoms with van der Waals surface area (Å²) in [5.74, 6) is -0.626. The van der Waals surface area contributed by atoms with Crippen LogP contribution in [0.25, 0.3) is 0 Å². The van der Waals surface area contributed by atoms with Crippen molar-refractivity contribution in [3.8, 4) is 0 Å². The van der Waals surface area contributed by atoms with E-state index in [0.717, 1.165) is 4.21 Å². The second-order valence-electron chi connectivity index (χ2n) is 4.34. The van der Waals surface area contributed by atoms with E-state index in [1.165, 1.54) is 42.1 Å². The van der Waals surface area contributed by atoms with Crippen LogP contribution in [0.15, 0.2) is 15.4 Å². The molecule has 0 aliphatic heterocycles. The molecule has 0 spiro atoms. The van der Waals surface area contributed by atoms with Crippen molar-refractivity contribution in [2.45, 2.75) is 22.7 Å². The molecule has 23 heavy (non-hydrogen) atoms. The normalized spacial score (nSPS) is 10.6. The molecule has 0 bridgehead atoms. The number of aryl methyl sites for hydroxylation is 1. The van der Waals surface area contributed by atoms with Gasteiger partial charge in [-0.2, -0.15) is 9.47 Å². The lowest BCUT2D eigenvalue weighted by Gasteiger charge is -2.05. The first kappa shape index (κ1) is 17.8. The van der Waals surface area contributed by atoms with Crippen LogP contribution in [0.4, 0.5) is 5.69 Å². The summed E-state index contributed by atoms with van der Waals surface area (Å²) in [6.07, 6.45) is 5.43. The van der Waals surface area contributed by atoms with E-state index < -0.39 is 0 Å². The van der Waals surface area contributed by atoms with Gasteiger partial charge in [-0.3, -0.25) is 14.3 Å². The quantitative estimate of drug-likeness (QED) is 0.758. The fourth-order valence-corrected chi connectivity index (χ4v) is 4.15. The molecule has 7 nitrogen and oxygen atoms in total. The van der Waals surface area contributed by atoms with Crippen molar-refractivity contribution in [2.75, 3.05) is 24.9 Å². The van der Waals surface area contributed by atoms with Crippen LogP contribution in [0.1, 0.15) is 27.8 Å². The molecule has 0 radical (unpaired) electrons. The summed E-state index contributed by atoms with van der Waals surface area (Å²) < 4.78 is 6.74. The van der Waals surface area contributed by atoms with Gasteiger partial charge in [-0.1, -0.05) is 0 Å². The largest absolute Gasteiger partial charge is 0.354 e. The van der Waals surface area contributed by atoms with Gasteiger partial charge < -0.3 is 10.6 Å². The number of nitrogens with zero attached hydrogens (tertiary/aromatic N) is 3. The van der Waals surface area contributed by atoms with Gasteiger partial charge in [0.25, 0.3) is 11.8 Å². The first-order valence-corrected chi connectivity index (χ1v) is 9.96. The molecule has 0 saturated carbocycles. The lowest BCUT2D eigenvalue weighted by atomic mass is 10.3. The Hall–Kier alpha value is -1.52. The smallest absolute Gasteiger partial charge is 0.273 e. The molecule has 0 unspecified atom stereocenters. The van der Waals surface area contributed by atoms with Crippen molar-refractivity contribution in [2.24, 2.45) is 0 Å². The maximum Gasteiger partial charge on any atom is 0.273 e. The summed E-state index contributed by atoms with van der Waals surface area (Å²) in [5, 5.41) is 10.2. The van der Waals surface area contributed by atoms with E-state index in [4.69, 9.17) is 0 Å². The number of nitrogens with one attached hydrogen (secondary N) is 2. The van der Waals surface area contributed by atoms with Crippen molar-refractivity contribution < 1.29 is 9.59 Å². The topological polar surface area (TPSA) is 88.9 Å². The van der Waals surface area contributed by atoms with E-state index in [1.54, 1.807) is 10.9 Å². The number of aromatic nitrogens is 3. The van der Waals surface area contributed by atoms with Crippen LogP contribution >= 0.6 is 35.1 Å². The second-order valence-corrected chi connectivity index (χ2v) is 6.98. The number of carbonyl (C=O) groups is 2. The molecule has 0 atom stereocenters. The standard InChI is InChI=1S/C13H17N5O2S3/c1-5-18-6-7(9(16-18)11(20)14-2)15-10(19)8-12(21-3)17-23-13(8)22-4/h6H,5H2,1-4H3,(H,14,20)(H,15,19). The molecular formula is C13H17N5O2S3. The summed E-state index contributed by atoms with van der Waals surface area (Å²) in [6, 6.07) is 0. The van der Waals surface area contributed by atoms with Crippen molar-refractivity contribution in [3.63, 3.8) is 0 Å². The van der Waals surface area contributed by atoms with Crippen molar-refractivity contribution in [1.82, 2.24) is 19.5 Å². The molecule has 2 heterocycles. The molecule has 2 N–H and O–H groups in total. The van der Waals surface area contributed by atoms with Gasteiger partial charge in [0.2, 0.25) is 0 Å². The third-order valence-corrected chi connectivity index (χ3v) is 5.75. The Morgan fingerprint density at radius 2 is 2.04 bits per heavy atom. The molecule has 2 aromatic rings. The summed E-state index contributed by atoms with van der Waals surface area (Å²) in [6.45, 7) is 2.51. The SMILES string of the molecule is CCn1cc(NC(=O)c2c(SC)nsc2SC)c(C(=O)NC)n1. The van der Waals surface area contributed by atoms with E-state index in [0.29, 0.717) is 22.8 Å². The number of anilines is 1. The number of thioether (sulfide) groups is 2. The highest BCUT2D eigenvalue weighted by Gasteiger charge is 2.23. The molecule has 0 aliphatic carbocycles. The molecule has 124 valence electrons. The highest BCUT2D eigenvalue weighted by molar-refractivity contribution is 8.01. The molecule has 0 aliphatic rings. The zero-order valence-electron chi connectivity index (χ0n) is 13.2. The van der Waals surface area contributed by atoms with Gasteiger partial charge in [-0.15, -0.1) is 23.5 Å². The van der Waals surface area contributed by atoms with Gasteiger partial charge in [0.15, 0.2) is 5.69 Å². The monoisotopic (exact) mass is 371 g/mol. The molecule has 0 saturated heterocycles. The van der Waals surface area contributed by atoms with E-state index in [-0.39, 0.29) is 17.5 Å². The minimum Gasteiger partial charge on any atom is -0.354 e. The third-order valence-electron chi connectivity index (χ3n) is 3.01. The number of carbonyl (C=O) groups excluding carboxylic acids is 2. The number of rotatable bonds is 6.